The lowest BCUT2D eigenvalue weighted by Gasteiger charge is -2.32. The van der Waals surface area contributed by atoms with Crippen molar-refractivity contribution in [1.29, 1.82) is 0 Å². The molecule has 1 amide bonds. The van der Waals surface area contributed by atoms with Crippen molar-refractivity contribution in [3.05, 3.63) is 66.3 Å². The van der Waals surface area contributed by atoms with Crippen molar-refractivity contribution in [2.45, 2.75) is 25.4 Å². The summed E-state index contributed by atoms with van der Waals surface area (Å²) >= 11 is 0. The van der Waals surface area contributed by atoms with Crippen LogP contribution in [0.15, 0.2) is 49.3 Å². The smallest absolute Gasteiger partial charge is 0.224 e. The van der Waals surface area contributed by atoms with Gasteiger partial charge in [0, 0.05) is 25.4 Å². The van der Waals surface area contributed by atoms with Gasteiger partial charge in [0.25, 0.3) is 0 Å². The third-order valence-corrected chi connectivity index (χ3v) is 4.44. The van der Waals surface area contributed by atoms with Crippen molar-refractivity contribution < 1.29 is 4.79 Å². The lowest BCUT2D eigenvalue weighted by Crippen LogP contribution is -2.39. The number of nitrogens with zero attached hydrogens (tertiary/aromatic N) is 5. The Kier molecular flexibility index (Phi) is 3.82. The average molecular weight is 322 g/mol. The van der Waals surface area contributed by atoms with Gasteiger partial charge in [0.05, 0.1) is 24.3 Å². The largest absolute Gasteiger partial charge is 0.347 e. The summed E-state index contributed by atoms with van der Waals surface area (Å²) < 4.78 is 1.82. The van der Waals surface area contributed by atoms with Gasteiger partial charge in [-0.3, -0.25) is 4.79 Å². The van der Waals surface area contributed by atoms with Crippen molar-refractivity contribution >= 4 is 5.91 Å². The first kappa shape index (κ1) is 14.6. The quantitative estimate of drug-likeness (QED) is 0.790. The number of hydrogen-bond acceptors (Lipinski definition) is 4. The number of imidazole rings is 1. The van der Waals surface area contributed by atoms with Crippen LogP contribution in [0.5, 0.6) is 0 Å². The molecule has 0 spiro atoms. The van der Waals surface area contributed by atoms with Crippen molar-refractivity contribution in [2.75, 3.05) is 6.54 Å². The van der Waals surface area contributed by atoms with Crippen LogP contribution in [0.4, 0.5) is 0 Å². The van der Waals surface area contributed by atoms with E-state index in [9.17, 15) is 4.79 Å². The maximum Gasteiger partial charge on any atom is 0.224 e. The lowest BCUT2D eigenvalue weighted by atomic mass is 9.91. The molecule has 1 aromatic carbocycles. The van der Waals surface area contributed by atoms with Crippen molar-refractivity contribution in [1.82, 2.24) is 29.6 Å². The molecule has 2 aromatic heterocycles. The summed E-state index contributed by atoms with van der Waals surface area (Å²) in [6, 6.07) is 10.2. The summed E-state index contributed by atoms with van der Waals surface area (Å²) in [5.74, 6) is 0.241. The molecule has 0 saturated heterocycles. The third kappa shape index (κ3) is 2.80. The fourth-order valence-electron chi connectivity index (χ4n) is 3.18. The Morgan fingerprint density at radius 1 is 1.21 bits per heavy atom. The van der Waals surface area contributed by atoms with Crippen molar-refractivity contribution in [3.8, 4) is 0 Å². The van der Waals surface area contributed by atoms with Crippen molar-refractivity contribution in [2.24, 2.45) is 0 Å². The number of amides is 1. The SMILES string of the molecule is O=C(CCn1cnnc1)N1Cc2[nH]cnc2C(c2ccccc2)C1. The Labute approximate surface area is 139 Å². The molecule has 1 unspecified atom stereocenters. The summed E-state index contributed by atoms with van der Waals surface area (Å²) in [6.07, 6.45) is 5.40. The van der Waals surface area contributed by atoms with E-state index in [2.05, 4.69) is 32.3 Å². The molecule has 24 heavy (non-hydrogen) atoms. The highest BCUT2D eigenvalue weighted by atomic mass is 16.2. The van der Waals surface area contributed by atoms with E-state index in [0.717, 1.165) is 11.4 Å². The summed E-state index contributed by atoms with van der Waals surface area (Å²) in [4.78, 5) is 22.2. The van der Waals surface area contributed by atoms with Gasteiger partial charge in [-0.15, -0.1) is 10.2 Å². The molecule has 1 aliphatic rings. The van der Waals surface area contributed by atoms with Gasteiger partial charge in [0.2, 0.25) is 5.91 Å². The molecule has 3 heterocycles. The first-order valence-corrected chi connectivity index (χ1v) is 7.98. The molecule has 7 heteroatoms. The fraction of sp³-hybridized carbons (Fsp3) is 0.294. The van der Waals surface area contributed by atoms with Gasteiger partial charge in [0.1, 0.15) is 12.7 Å². The number of aromatic nitrogens is 5. The number of carbonyl (C=O) groups is 1. The van der Waals surface area contributed by atoms with Crippen LogP contribution in [0, 0.1) is 0 Å². The van der Waals surface area contributed by atoms with E-state index >= 15 is 0 Å². The maximum absolute atomic E-state index is 12.6. The number of hydrogen-bond donors (Lipinski definition) is 1. The van der Waals surface area contributed by atoms with Crippen LogP contribution in [-0.4, -0.2) is 42.1 Å². The first-order chi connectivity index (χ1) is 11.8. The van der Waals surface area contributed by atoms with E-state index in [1.807, 2.05) is 27.7 Å². The standard InChI is InChI=1S/C17H18N6O/c24-16(6-7-22-11-20-21-12-22)23-8-14(13-4-2-1-3-5-13)17-15(9-23)18-10-19-17/h1-5,10-12,14H,6-9H2,(H,18,19). The zero-order chi connectivity index (χ0) is 16.4. The monoisotopic (exact) mass is 322 g/mol. The Balaban J connectivity index is 1.52. The number of H-pyrrole nitrogens is 1. The van der Waals surface area contributed by atoms with Crippen molar-refractivity contribution in [3.63, 3.8) is 0 Å². The Morgan fingerprint density at radius 3 is 2.79 bits per heavy atom. The van der Waals surface area contributed by atoms with E-state index in [4.69, 9.17) is 0 Å². The molecular weight excluding hydrogens is 304 g/mol. The van der Waals surface area contributed by atoms with Crippen LogP contribution in [-0.2, 0) is 17.9 Å². The predicted octanol–water partition coefficient (Wildman–Crippen LogP) is 1.57. The Morgan fingerprint density at radius 2 is 2.00 bits per heavy atom. The second-order valence-corrected chi connectivity index (χ2v) is 5.95. The zero-order valence-corrected chi connectivity index (χ0v) is 13.2. The van der Waals surface area contributed by atoms with Crippen LogP contribution < -0.4 is 0 Å². The highest BCUT2D eigenvalue weighted by Crippen LogP contribution is 2.31. The topological polar surface area (TPSA) is 79.7 Å². The van der Waals surface area contributed by atoms with Crippen LogP contribution in [0.3, 0.4) is 0 Å². The Hall–Kier alpha value is -2.96. The summed E-state index contributed by atoms with van der Waals surface area (Å²) in [6.45, 7) is 1.83. The molecule has 3 aromatic rings. The van der Waals surface area contributed by atoms with E-state index < -0.39 is 0 Å². The number of fused-ring (bicyclic) bond motifs is 1. The van der Waals surface area contributed by atoms with E-state index in [1.54, 1.807) is 19.0 Å². The molecular formula is C17H18N6O. The maximum atomic E-state index is 12.6. The second-order valence-electron chi connectivity index (χ2n) is 5.95. The van der Waals surface area contributed by atoms with Crippen LogP contribution >= 0.6 is 0 Å². The van der Waals surface area contributed by atoms with Gasteiger partial charge in [-0.2, -0.15) is 0 Å². The molecule has 0 bridgehead atoms. The summed E-state index contributed by atoms with van der Waals surface area (Å²) in [5.41, 5.74) is 3.25. The lowest BCUT2D eigenvalue weighted by molar-refractivity contribution is -0.132. The summed E-state index contributed by atoms with van der Waals surface area (Å²) in [7, 11) is 0. The van der Waals surface area contributed by atoms with Gasteiger partial charge in [-0.05, 0) is 5.56 Å². The van der Waals surface area contributed by atoms with Crippen LogP contribution in [0.2, 0.25) is 0 Å². The highest BCUT2D eigenvalue weighted by Gasteiger charge is 2.30. The zero-order valence-electron chi connectivity index (χ0n) is 13.2. The highest BCUT2D eigenvalue weighted by molar-refractivity contribution is 5.76. The molecule has 122 valence electrons. The van der Waals surface area contributed by atoms with Gasteiger partial charge in [-0.25, -0.2) is 4.98 Å². The van der Waals surface area contributed by atoms with Crippen LogP contribution in [0.1, 0.15) is 29.3 Å². The molecule has 1 atom stereocenters. The predicted molar refractivity (Wildman–Crippen MR) is 86.9 cm³/mol. The molecule has 7 nitrogen and oxygen atoms in total. The van der Waals surface area contributed by atoms with Gasteiger partial charge in [-0.1, -0.05) is 30.3 Å². The van der Waals surface area contributed by atoms with Gasteiger partial charge in [0.15, 0.2) is 0 Å². The second kappa shape index (κ2) is 6.27. The fourth-order valence-corrected chi connectivity index (χ4v) is 3.18. The minimum atomic E-state index is 0.111. The molecule has 4 rings (SSSR count). The van der Waals surface area contributed by atoms with E-state index in [-0.39, 0.29) is 11.8 Å². The Bertz CT molecular complexity index is 811. The first-order valence-electron chi connectivity index (χ1n) is 7.98. The van der Waals surface area contributed by atoms with E-state index in [1.165, 1.54) is 5.56 Å². The normalized spacial score (nSPS) is 16.8. The van der Waals surface area contributed by atoms with Gasteiger partial charge < -0.3 is 14.5 Å². The molecule has 1 aliphatic heterocycles. The minimum Gasteiger partial charge on any atom is -0.347 e. The molecule has 0 fully saturated rings. The number of aryl methyl sites for hydroxylation is 1. The van der Waals surface area contributed by atoms with Crippen LogP contribution in [0.25, 0.3) is 0 Å². The number of aromatic amines is 1. The number of rotatable bonds is 4. The molecule has 0 radical (unpaired) electrons. The third-order valence-electron chi connectivity index (χ3n) is 4.44. The molecule has 0 aliphatic carbocycles. The molecule has 0 saturated carbocycles. The van der Waals surface area contributed by atoms with Gasteiger partial charge >= 0.3 is 0 Å². The number of benzene rings is 1. The minimum absolute atomic E-state index is 0.111. The summed E-state index contributed by atoms with van der Waals surface area (Å²) in [5, 5.41) is 7.52. The molecule has 1 N–H and O–H groups in total. The van der Waals surface area contributed by atoms with E-state index in [0.29, 0.717) is 26.1 Å². The average Bonchev–Trinajstić information content (AvgIpc) is 3.31. The number of nitrogens with one attached hydrogen (secondary N) is 1. The number of carbonyl (C=O) groups excluding carboxylic acids is 1.